The summed E-state index contributed by atoms with van der Waals surface area (Å²) in [5.41, 5.74) is 8.11. The smallest absolute Gasteiger partial charge is 0.326 e. The highest BCUT2D eigenvalue weighted by molar-refractivity contribution is 7.51. The number of carbonyl (C=O) groups is 2. The van der Waals surface area contributed by atoms with Crippen molar-refractivity contribution in [2.24, 2.45) is 11.7 Å². The van der Waals surface area contributed by atoms with Crippen molar-refractivity contribution < 1.29 is 29.0 Å². The Hall–Kier alpha value is -2.31. The van der Waals surface area contributed by atoms with Crippen LogP contribution < -0.4 is 5.73 Å². The number of carbonyl (C=O) groups excluding carboxylic acids is 1. The fraction of sp³-hybridized carbons (Fsp3) is 0.263. The van der Waals surface area contributed by atoms with E-state index in [1.165, 1.54) is 0 Å². The van der Waals surface area contributed by atoms with Crippen molar-refractivity contribution in [1.29, 1.82) is 0 Å². The Morgan fingerprint density at radius 2 is 1.52 bits per heavy atom. The molecule has 0 amide bonds. The normalized spacial score (nSPS) is 13.7. The average Bonchev–Trinajstić information content (AvgIpc) is 2.61. The van der Waals surface area contributed by atoms with E-state index in [9.17, 15) is 23.9 Å². The molecule has 0 aromatic heterocycles. The van der Waals surface area contributed by atoms with Gasteiger partial charge in [-0.3, -0.25) is 14.2 Å². The Bertz CT molecular complexity index is 831. The standard InChI is InChI=1S/C19H22NO6P/c20-17(19(22)23)11-18(21)16(12-27(24,25)26)10-13-6-8-15(9-7-13)14-4-2-1-3-5-14/h1-9,16-17H,10-12,20H2,(H,22,23)(H2,24,25,26). The van der Waals surface area contributed by atoms with Crippen molar-refractivity contribution in [3.05, 3.63) is 60.2 Å². The molecule has 0 spiro atoms. The van der Waals surface area contributed by atoms with E-state index in [-0.39, 0.29) is 6.42 Å². The van der Waals surface area contributed by atoms with Crippen LogP contribution in [0.2, 0.25) is 0 Å². The Balaban J connectivity index is 2.15. The molecule has 2 unspecified atom stereocenters. The second-order valence-corrected chi connectivity index (χ2v) is 8.12. The summed E-state index contributed by atoms with van der Waals surface area (Å²) in [6.07, 6.45) is -1.01. The van der Waals surface area contributed by atoms with Crippen LogP contribution in [0, 0.1) is 5.92 Å². The van der Waals surface area contributed by atoms with Crippen molar-refractivity contribution in [3.63, 3.8) is 0 Å². The second kappa shape index (κ2) is 9.06. The molecule has 0 saturated carbocycles. The van der Waals surface area contributed by atoms with E-state index in [1.807, 2.05) is 42.5 Å². The molecule has 0 saturated heterocycles. The van der Waals surface area contributed by atoms with Gasteiger partial charge >= 0.3 is 13.6 Å². The topological polar surface area (TPSA) is 138 Å². The molecule has 2 aromatic carbocycles. The SMILES string of the molecule is NC(CC(=O)C(Cc1ccc(-c2ccccc2)cc1)CP(=O)(O)O)C(=O)O. The number of hydrogen-bond acceptors (Lipinski definition) is 4. The molecule has 0 fully saturated rings. The van der Waals surface area contributed by atoms with Gasteiger partial charge in [-0.2, -0.15) is 0 Å². The lowest BCUT2D eigenvalue weighted by atomic mass is 9.92. The highest BCUT2D eigenvalue weighted by Crippen LogP contribution is 2.38. The van der Waals surface area contributed by atoms with Crippen LogP contribution in [0.3, 0.4) is 0 Å². The number of carboxylic acid groups (broad SMARTS) is 1. The van der Waals surface area contributed by atoms with Crippen LogP contribution in [0.5, 0.6) is 0 Å². The third kappa shape index (κ3) is 6.73. The zero-order valence-corrected chi connectivity index (χ0v) is 15.5. The fourth-order valence-electron chi connectivity index (χ4n) is 2.79. The largest absolute Gasteiger partial charge is 0.480 e. The van der Waals surface area contributed by atoms with Gasteiger partial charge in [-0.05, 0) is 23.1 Å². The van der Waals surface area contributed by atoms with Crippen LogP contribution in [0.4, 0.5) is 0 Å². The van der Waals surface area contributed by atoms with Crippen molar-refractivity contribution in [1.82, 2.24) is 0 Å². The van der Waals surface area contributed by atoms with Crippen LogP contribution in [-0.2, 0) is 20.6 Å². The fourth-order valence-corrected chi connectivity index (χ4v) is 3.69. The molecule has 8 heteroatoms. The summed E-state index contributed by atoms with van der Waals surface area (Å²) < 4.78 is 11.4. The molecule has 7 nitrogen and oxygen atoms in total. The van der Waals surface area contributed by atoms with Crippen molar-refractivity contribution in [2.75, 3.05) is 6.16 Å². The molecule has 2 rings (SSSR count). The summed E-state index contributed by atoms with van der Waals surface area (Å²) in [4.78, 5) is 41.7. The molecule has 27 heavy (non-hydrogen) atoms. The Kier molecular flexibility index (Phi) is 7.05. The molecule has 144 valence electrons. The van der Waals surface area contributed by atoms with Crippen molar-refractivity contribution in [3.8, 4) is 11.1 Å². The van der Waals surface area contributed by atoms with Gasteiger partial charge in [0, 0.05) is 12.3 Å². The van der Waals surface area contributed by atoms with E-state index in [2.05, 4.69) is 0 Å². The van der Waals surface area contributed by atoms with Gasteiger partial charge in [0.1, 0.15) is 11.8 Å². The van der Waals surface area contributed by atoms with Gasteiger partial charge < -0.3 is 20.6 Å². The minimum atomic E-state index is -4.45. The molecule has 0 heterocycles. The van der Waals surface area contributed by atoms with Gasteiger partial charge in [-0.25, -0.2) is 0 Å². The van der Waals surface area contributed by atoms with Crippen LogP contribution in [0.25, 0.3) is 11.1 Å². The monoisotopic (exact) mass is 391 g/mol. The number of Topliss-reactive ketones (excluding diaryl/α,β-unsaturated/α-hetero) is 1. The summed E-state index contributed by atoms with van der Waals surface area (Å²) in [7, 11) is -4.45. The van der Waals surface area contributed by atoms with E-state index in [4.69, 9.17) is 10.8 Å². The van der Waals surface area contributed by atoms with Crippen LogP contribution in [0.15, 0.2) is 54.6 Å². The van der Waals surface area contributed by atoms with Crippen LogP contribution >= 0.6 is 7.60 Å². The zero-order valence-electron chi connectivity index (χ0n) is 14.6. The minimum Gasteiger partial charge on any atom is -0.480 e. The van der Waals surface area contributed by atoms with Crippen molar-refractivity contribution >= 4 is 19.3 Å². The summed E-state index contributed by atoms with van der Waals surface area (Å²) in [6, 6.07) is 15.6. The predicted octanol–water partition coefficient (Wildman–Crippen LogP) is 2.06. The van der Waals surface area contributed by atoms with E-state index in [1.54, 1.807) is 12.1 Å². The lowest BCUT2D eigenvalue weighted by Crippen LogP contribution is -2.35. The van der Waals surface area contributed by atoms with Gasteiger partial charge in [0.25, 0.3) is 0 Å². The molecule has 2 aromatic rings. The maximum atomic E-state index is 12.3. The summed E-state index contributed by atoms with van der Waals surface area (Å²) in [6.45, 7) is 0. The molecule has 2 atom stereocenters. The quantitative estimate of drug-likeness (QED) is 0.480. The second-order valence-electron chi connectivity index (χ2n) is 6.43. The molecule has 0 aliphatic rings. The Morgan fingerprint density at radius 1 is 0.963 bits per heavy atom. The number of benzene rings is 2. The third-order valence-corrected chi connectivity index (χ3v) is 5.11. The predicted molar refractivity (Wildman–Crippen MR) is 101 cm³/mol. The first-order valence-electron chi connectivity index (χ1n) is 8.36. The maximum absolute atomic E-state index is 12.3. The first-order valence-corrected chi connectivity index (χ1v) is 10.2. The first-order chi connectivity index (χ1) is 12.7. The highest BCUT2D eigenvalue weighted by Gasteiger charge is 2.29. The summed E-state index contributed by atoms with van der Waals surface area (Å²) in [5, 5.41) is 8.84. The first kappa shape index (κ1) is 21.0. The summed E-state index contributed by atoms with van der Waals surface area (Å²) >= 11 is 0. The van der Waals surface area contributed by atoms with Gasteiger partial charge in [-0.1, -0.05) is 54.6 Å². The van der Waals surface area contributed by atoms with E-state index in [0.29, 0.717) is 0 Å². The molecule has 0 aliphatic heterocycles. The number of nitrogens with two attached hydrogens (primary N) is 1. The van der Waals surface area contributed by atoms with Gasteiger partial charge in [0.2, 0.25) is 0 Å². The van der Waals surface area contributed by atoms with Crippen LogP contribution in [0.1, 0.15) is 12.0 Å². The lowest BCUT2D eigenvalue weighted by Gasteiger charge is -2.18. The van der Waals surface area contributed by atoms with E-state index < -0.39 is 43.9 Å². The highest BCUT2D eigenvalue weighted by atomic mass is 31.2. The molecular formula is C19H22NO6P. The van der Waals surface area contributed by atoms with E-state index >= 15 is 0 Å². The number of aliphatic carboxylic acids is 1. The molecule has 0 radical (unpaired) electrons. The Morgan fingerprint density at radius 3 is 2.04 bits per heavy atom. The zero-order chi connectivity index (χ0) is 20.0. The lowest BCUT2D eigenvalue weighted by molar-refractivity contribution is -0.140. The minimum absolute atomic E-state index is 0.103. The van der Waals surface area contributed by atoms with Crippen molar-refractivity contribution in [2.45, 2.75) is 18.9 Å². The maximum Gasteiger partial charge on any atom is 0.326 e. The number of carboxylic acids is 1. The molecule has 0 bridgehead atoms. The van der Waals surface area contributed by atoms with E-state index in [0.717, 1.165) is 16.7 Å². The molecule has 0 aliphatic carbocycles. The Labute approximate surface area is 157 Å². The number of rotatable bonds is 9. The number of hydrogen-bond donors (Lipinski definition) is 4. The van der Waals surface area contributed by atoms with Gasteiger partial charge in [0.05, 0.1) is 6.16 Å². The number of ketones is 1. The summed E-state index contributed by atoms with van der Waals surface area (Å²) in [5.74, 6) is -2.90. The average molecular weight is 391 g/mol. The van der Waals surface area contributed by atoms with Gasteiger partial charge in [-0.15, -0.1) is 0 Å². The molecule has 5 N–H and O–H groups in total. The molecular weight excluding hydrogens is 369 g/mol. The van der Waals surface area contributed by atoms with Gasteiger partial charge in [0.15, 0.2) is 0 Å². The third-order valence-electron chi connectivity index (χ3n) is 4.20. The van der Waals surface area contributed by atoms with Crippen LogP contribution in [-0.4, -0.2) is 38.8 Å².